The third-order valence-electron chi connectivity index (χ3n) is 3.34. The second-order valence-corrected chi connectivity index (χ2v) is 4.89. The molecule has 0 radical (unpaired) electrons. The molecule has 0 amide bonds. The number of hydrogen-bond donors (Lipinski definition) is 1. The van der Waals surface area contributed by atoms with Crippen molar-refractivity contribution in [2.24, 2.45) is 5.73 Å². The Morgan fingerprint density at radius 2 is 1.74 bits per heavy atom. The highest BCUT2D eigenvalue weighted by atomic mass is 19.1. The van der Waals surface area contributed by atoms with Crippen LogP contribution in [-0.4, -0.2) is 0 Å². The van der Waals surface area contributed by atoms with Crippen LogP contribution in [0, 0.1) is 5.82 Å². The Hall–Kier alpha value is -1.67. The third kappa shape index (κ3) is 3.65. The fourth-order valence-electron chi connectivity index (χ4n) is 2.24. The summed E-state index contributed by atoms with van der Waals surface area (Å²) in [5, 5.41) is 0. The molecule has 1 unspecified atom stereocenters. The molecule has 0 aliphatic heterocycles. The highest BCUT2D eigenvalue weighted by molar-refractivity contribution is 5.27. The van der Waals surface area contributed by atoms with Crippen LogP contribution >= 0.6 is 0 Å². The average molecular weight is 257 g/mol. The first-order valence-electron chi connectivity index (χ1n) is 6.78. The van der Waals surface area contributed by atoms with Crippen LogP contribution in [0.5, 0.6) is 0 Å². The fourth-order valence-corrected chi connectivity index (χ4v) is 2.24. The summed E-state index contributed by atoms with van der Waals surface area (Å²) in [4.78, 5) is 0. The molecule has 0 fully saturated rings. The molecule has 1 atom stereocenters. The molecule has 0 saturated heterocycles. The third-order valence-corrected chi connectivity index (χ3v) is 3.34. The van der Waals surface area contributed by atoms with E-state index >= 15 is 0 Å². The summed E-state index contributed by atoms with van der Waals surface area (Å²) in [5.74, 6) is -0.180. The molecule has 2 aromatic rings. The van der Waals surface area contributed by atoms with Crippen LogP contribution in [0.2, 0.25) is 0 Å². The summed E-state index contributed by atoms with van der Waals surface area (Å²) in [7, 11) is 0. The number of benzene rings is 2. The molecule has 1 nitrogen and oxygen atoms in total. The van der Waals surface area contributed by atoms with Gasteiger partial charge in [-0.05, 0) is 35.6 Å². The highest BCUT2D eigenvalue weighted by Gasteiger charge is 2.09. The van der Waals surface area contributed by atoms with Crippen molar-refractivity contribution in [2.45, 2.75) is 32.2 Å². The molecule has 0 bridgehead atoms. The first kappa shape index (κ1) is 13.8. The Morgan fingerprint density at radius 1 is 1.05 bits per heavy atom. The van der Waals surface area contributed by atoms with Crippen LogP contribution in [-0.2, 0) is 12.8 Å². The molecule has 0 spiro atoms. The minimum atomic E-state index is -0.180. The number of rotatable bonds is 5. The van der Waals surface area contributed by atoms with Gasteiger partial charge in [-0.1, -0.05) is 55.8 Å². The van der Waals surface area contributed by atoms with Crippen LogP contribution in [0.25, 0.3) is 0 Å². The Bertz CT molecular complexity index is 519. The summed E-state index contributed by atoms with van der Waals surface area (Å²) in [6, 6.07) is 15.0. The first-order chi connectivity index (χ1) is 9.20. The van der Waals surface area contributed by atoms with Crippen LogP contribution in [0.3, 0.4) is 0 Å². The van der Waals surface area contributed by atoms with E-state index in [2.05, 4.69) is 31.2 Å². The van der Waals surface area contributed by atoms with Gasteiger partial charge in [-0.3, -0.25) is 0 Å². The van der Waals surface area contributed by atoms with E-state index in [1.165, 1.54) is 11.6 Å². The lowest BCUT2D eigenvalue weighted by Gasteiger charge is -2.13. The van der Waals surface area contributed by atoms with Gasteiger partial charge in [-0.15, -0.1) is 0 Å². The normalized spacial score (nSPS) is 12.4. The molecular formula is C17H20FN. The molecule has 0 heterocycles. The van der Waals surface area contributed by atoms with Crippen molar-refractivity contribution in [3.05, 3.63) is 71.0 Å². The quantitative estimate of drug-likeness (QED) is 0.860. The predicted octanol–water partition coefficient (Wildman–Crippen LogP) is 4.02. The zero-order valence-electron chi connectivity index (χ0n) is 11.3. The Balaban J connectivity index is 2.07. The zero-order valence-corrected chi connectivity index (χ0v) is 11.3. The second kappa shape index (κ2) is 6.48. The summed E-state index contributed by atoms with van der Waals surface area (Å²) in [6.07, 6.45) is 2.75. The maximum Gasteiger partial charge on any atom is 0.126 e. The molecule has 0 aliphatic carbocycles. The maximum absolute atomic E-state index is 13.6. The lowest BCUT2D eigenvalue weighted by molar-refractivity contribution is 0.593. The van der Waals surface area contributed by atoms with Gasteiger partial charge in [0.1, 0.15) is 5.82 Å². The minimum Gasteiger partial charge on any atom is -0.324 e. The maximum atomic E-state index is 13.6. The van der Waals surface area contributed by atoms with Crippen LogP contribution < -0.4 is 5.73 Å². The standard InChI is InChI=1S/C17H20FN/c1-2-5-13-8-10-14(11-9-13)17(19)12-15-6-3-4-7-16(15)18/h3-4,6-11,17H,2,5,12,19H2,1H3. The van der Waals surface area contributed by atoms with Crippen molar-refractivity contribution < 1.29 is 4.39 Å². The van der Waals surface area contributed by atoms with Crippen LogP contribution in [0.4, 0.5) is 4.39 Å². The Kier molecular flexibility index (Phi) is 4.69. The topological polar surface area (TPSA) is 26.0 Å². The highest BCUT2D eigenvalue weighted by Crippen LogP contribution is 2.19. The van der Waals surface area contributed by atoms with Crippen molar-refractivity contribution in [1.82, 2.24) is 0 Å². The van der Waals surface area contributed by atoms with Gasteiger partial charge in [-0.25, -0.2) is 4.39 Å². The van der Waals surface area contributed by atoms with Gasteiger partial charge in [0, 0.05) is 6.04 Å². The van der Waals surface area contributed by atoms with E-state index in [1.54, 1.807) is 12.1 Å². The predicted molar refractivity (Wildman–Crippen MR) is 77.5 cm³/mol. The van der Waals surface area contributed by atoms with E-state index in [0.717, 1.165) is 18.4 Å². The molecule has 2 heteroatoms. The van der Waals surface area contributed by atoms with Gasteiger partial charge in [0.25, 0.3) is 0 Å². The lowest BCUT2D eigenvalue weighted by atomic mass is 9.98. The molecule has 2 aromatic carbocycles. The van der Waals surface area contributed by atoms with Crippen molar-refractivity contribution in [3.63, 3.8) is 0 Å². The van der Waals surface area contributed by atoms with Crippen molar-refractivity contribution in [3.8, 4) is 0 Å². The van der Waals surface area contributed by atoms with Gasteiger partial charge in [-0.2, -0.15) is 0 Å². The SMILES string of the molecule is CCCc1ccc(C(N)Cc2ccccc2F)cc1. The zero-order chi connectivity index (χ0) is 13.7. The van der Waals surface area contributed by atoms with E-state index < -0.39 is 0 Å². The van der Waals surface area contributed by atoms with Crippen molar-refractivity contribution >= 4 is 0 Å². The molecule has 100 valence electrons. The van der Waals surface area contributed by atoms with Crippen LogP contribution in [0.1, 0.15) is 36.1 Å². The fraction of sp³-hybridized carbons (Fsp3) is 0.294. The van der Waals surface area contributed by atoms with E-state index in [9.17, 15) is 4.39 Å². The second-order valence-electron chi connectivity index (χ2n) is 4.89. The van der Waals surface area contributed by atoms with Crippen molar-refractivity contribution in [1.29, 1.82) is 0 Å². The van der Waals surface area contributed by atoms with Gasteiger partial charge < -0.3 is 5.73 Å². The summed E-state index contributed by atoms with van der Waals surface area (Å²) in [5.41, 5.74) is 9.21. The van der Waals surface area contributed by atoms with Gasteiger partial charge in [0.15, 0.2) is 0 Å². The summed E-state index contributed by atoms with van der Waals surface area (Å²) < 4.78 is 13.6. The molecule has 2 N–H and O–H groups in total. The monoisotopic (exact) mass is 257 g/mol. The Morgan fingerprint density at radius 3 is 2.37 bits per heavy atom. The number of nitrogens with two attached hydrogens (primary N) is 1. The summed E-state index contributed by atoms with van der Waals surface area (Å²) in [6.45, 7) is 2.16. The minimum absolute atomic E-state index is 0.160. The summed E-state index contributed by atoms with van der Waals surface area (Å²) >= 11 is 0. The van der Waals surface area contributed by atoms with E-state index in [1.807, 2.05) is 6.07 Å². The molecule has 0 saturated carbocycles. The Labute approximate surface area is 114 Å². The number of hydrogen-bond acceptors (Lipinski definition) is 1. The largest absolute Gasteiger partial charge is 0.324 e. The number of halogens is 1. The first-order valence-corrected chi connectivity index (χ1v) is 6.78. The van der Waals surface area contributed by atoms with E-state index in [0.29, 0.717) is 12.0 Å². The molecule has 2 rings (SSSR count). The van der Waals surface area contributed by atoms with E-state index in [4.69, 9.17) is 5.73 Å². The van der Waals surface area contributed by atoms with Crippen molar-refractivity contribution in [2.75, 3.05) is 0 Å². The number of aryl methyl sites for hydroxylation is 1. The smallest absolute Gasteiger partial charge is 0.126 e. The van der Waals surface area contributed by atoms with Crippen LogP contribution in [0.15, 0.2) is 48.5 Å². The molecule has 19 heavy (non-hydrogen) atoms. The lowest BCUT2D eigenvalue weighted by Crippen LogP contribution is -2.14. The van der Waals surface area contributed by atoms with Gasteiger partial charge in [0.05, 0.1) is 0 Å². The average Bonchev–Trinajstić information content (AvgIpc) is 2.42. The van der Waals surface area contributed by atoms with E-state index in [-0.39, 0.29) is 11.9 Å². The molecule has 0 aromatic heterocycles. The van der Waals surface area contributed by atoms with Gasteiger partial charge >= 0.3 is 0 Å². The van der Waals surface area contributed by atoms with Gasteiger partial charge in [0.2, 0.25) is 0 Å². The molecule has 0 aliphatic rings. The molecular weight excluding hydrogens is 237 g/mol.